The Morgan fingerprint density at radius 2 is 1.90 bits per heavy atom. The van der Waals surface area contributed by atoms with Crippen LogP contribution in [0.1, 0.15) is 23.6 Å². The van der Waals surface area contributed by atoms with Crippen LogP contribution in [0.4, 0.5) is 4.39 Å². The van der Waals surface area contributed by atoms with Gasteiger partial charge in [0.05, 0.1) is 0 Å². The van der Waals surface area contributed by atoms with Gasteiger partial charge in [0.2, 0.25) is 0 Å². The number of nitrogens with one attached hydrogen (secondary N) is 2. The van der Waals surface area contributed by atoms with E-state index in [-0.39, 0.29) is 12.4 Å². The molecule has 6 nitrogen and oxygen atoms in total. The molecular weight excluding hydrogens is 371 g/mol. The van der Waals surface area contributed by atoms with Crippen LogP contribution in [0.25, 0.3) is 0 Å². The van der Waals surface area contributed by atoms with E-state index < -0.39 is 5.91 Å². The minimum absolute atomic E-state index is 0.124. The van der Waals surface area contributed by atoms with Crippen molar-refractivity contribution in [2.75, 3.05) is 26.2 Å². The van der Waals surface area contributed by atoms with Crippen molar-refractivity contribution in [1.29, 1.82) is 0 Å². The molecule has 0 saturated carbocycles. The van der Waals surface area contributed by atoms with E-state index in [9.17, 15) is 9.18 Å². The van der Waals surface area contributed by atoms with Crippen LogP contribution in [0.15, 0.2) is 47.5 Å². The third-order valence-corrected chi connectivity index (χ3v) is 4.31. The summed E-state index contributed by atoms with van der Waals surface area (Å²) in [5.41, 5.74) is 8.25. The number of carbonyl (C=O) groups is 1. The molecule has 0 radical (unpaired) electrons. The van der Waals surface area contributed by atoms with Gasteiger partial charge in [0.15, 0.2) is 12.6 Å². The Hall–Kier alpha value is -3.09. The van der Waals surface area contributed by atoms with E-state index >= 15 is 0 Å². The molecule has 0 heterocycles. The molecule has 29 heavy (non-hydrogen) atoms. The lowest BCUT2D eigenvalue weighted by molar-refractivity contribution is -0.119. The highest BCUT2D eigenvalue weighted by atomic mass is 19.1. The largest absolute Gasteiger partial charge is 0.484 e. The van der Waals surface area contributed by atoms with Crippen LogP contribution in [0.5, 0.6) is 5.75 Å². The molecule has 0 unspecified atom stereocenters. The zero-order valence-corrected chi connectivity index (χ0v) is 17.0. The van der Waals surface area contributed by atoms with Crippen molar-refractivity contribution in [2.45, 2.75) is 26.7 Å². The van der Waals surface area contributed by atoms with E-state index in [0.29, 0.717) is 12.3 Å². The highest BCUT2D eigenvalue weighted by Crippen LogP contribution is 2.12. The van der Waals surface area contributed by atoms with Gasteiger partial charge in [-0.25, -0.2) is 4.39 Å². The van der Waals surface area contributed by atoms with Gasteiger partial charge in [-0.1, -0.05) is 18.2 Å². The second kappa shape index (κ2) is 11.7. The molecule has 2 aromatic carbocycles. The number of nitrogens with two attached hydrogens (primary N) is 1. The maximum absolute atomic E-state index is 13.2. The molecular formula is C22H29FN4O2. The summed E-state index contributed by atoms with van der Waals surface area (Å²) < 4.78 is 18.4. The number of aryl methyl sites for hydroxylation is 1. The first-order chi connectivity index (χ1) is 14.0. The average Bonchev–Trinajstić information content (AvgIpc) is 2.69. The zero-order chi connectivity index (χ0) is 21.1. The van der Waals surface area contributed by atoms with Crippen LogP contribution in [-0.2, 0) is 17.6 Å². The molecule has 4 N–H and O–H groups in total. The number of nitrogens with zero attached hydrogens (tertiary/aromatic N) is 1. The quantitative estimate of drug-likeness (QED) is 0.422. The molecule has 0 bridgehead atoms. The van der Waals surface area contributed by atoms with Crippen LogP contribution >= 0.6 is 0 Å². The molecule has 1 amide bonds. The molecule has 0 aromatic heterocycles. The Morgan fingerprint density at radius 1 is 1.14 bits per heavy atom. The second-order valence-corrected chi connectivity index (χ2v) is 6.66. The fourth-order valence-corrected chi connectivity index (χ4v) is 2.80. The number of halogens is 1. The lowest BCUT2D eigenvalue weighted by atomic mass is 10.1. The van der Waals surface area contributed by atoms with Gasteiger partial charge in [0.1, 0.15) is 11.6 Å². The number of rotatable bonds is 10. The van der Waals surface area contributed by atoms with Crippen molar-refractivity contribution in [3.8, 4) is 5.75 Å². The number of carbonyl (C=O) groups excluding carboxylic acids is 1. The first kappa shape index (κ1) is 22.2. The molecule has 0 atom stereocenters. The standard InChI is InChI=1S/C22H29FN4O2/c1-3-25-22(27-13-11-18-6-7-19(23)14-16(18)2)26-12-10-17-4-8-20(9-5-17)29-15-21(24)28/h4-9,14H,3,10-13,15H2,1-2H3,(H2,24,28)(H2,25,26,27). The molecule has 0 aliphatic heterocycles. The van der Waals surface area contributed by atoms with E-state index in [2.05, 4.69) is 15.6 Å². The Balaban J connectivity index is 1.80. The minimum atomic E-state index is -0.497. The summed E-state index contributed by atoms with van der Waals surface area (Å²) in [5, 5.41) is 6.55. The van der Waals surface area contributed by atoms with Gasteiger partial charge in [0, 0.05) is 19.6 Å². The number of hydrogen-bond acceptors (Lipinski definition) is 3. The Labute approximate surface area is 171 Å². The molecule has 0 aliphatic rings. The summed E-state index contributed by atoms with van der Waals surface area (Å²) in [6.45, 7) is 5.92. The third-order valence-electron chi connectivity index (χ3n) is 4.31. The molecule has 0 spiro atoms. The smallest absolute Gasteiger partial charge is 0.255 e. The van der Waals surface area contributed by atoms with E-state index in [0.717, 1.165) is 48.6 Å². The van der Waals surface area contributed by atoms with Gasteiger partial charge in [-0.05, 0) is 67.6 Å². The summed E-state index contributed by atoms with van der Waals surface area (Å²) in [6.07, 6.45) is 1.58. The molecule has 2 aromatic rings. The lowest BCUT2D eigenvalue weighted by Crippen LogP contribution is -2.38. The summed E-state index contributed by atoms with van der Waals surface area (Å²) >= 11 is 0. The van der Waals surface area contributed by atoms with Crippen molar-refractivity contribution in [3.05, 3.63) is 65.0 Å². The highest BCUT2D eigenvalue weighted by molar-refractivity contribution is 5.79. The predicted octanol–water partition coefficient (Wildman–Crippen LogP) is 2.34. The lowest BCUT2D eigenvalue weighted by Gasteiger charge is -2.12. The normalized spacial score (nSPS) is 11.2. The van der Waals surface area contributed by atoms with Crippen LogP contribution in [0, 0.1) is 12.7 Å². The molecule has 156 valence electrons. The highest BCUT2D eigenvalue weighted by Gasteiger charge is 2.02. The summed E-state index contributed by atoms with van der Waals surface area (Å²) in [6, 6.07) is 12.4. The maximum Gasteiger partial charge on any atom is 0.255 e. The maximum atomic E-state index is 13.2. The summed E-state index contributed by atoms with van der Waals surface area (Å²) in [7, 11) is 0. The number of benzene rings is 2. The van der Waals surface area contributed by atoms with Gasteiger partial charge < -0.3 is 21.1 Å². The van der Waals surface area contributed by atoms with Gasteiger partial charge in [-0.2, -0.15) is 0 Å². The summed E-state index contributed by atoms with van der Waals surface area (Å²) in [5.74, 6) is 0.667. The van der Waals surface area contributed by atoms with E-state index in [1.807, 2.05) is 44.2 Å². The van der Waals surface area contributed by atoms with Gasteiger partial charge in [0.25, 0.3) is 5.91 Å². The monoisotopic (exact) mass is 400 g/mol. The molecule has 7 heteroatoms. The fourth-order valence-electron chi connectivity index (χ4n) is 2.80. The van der Waals surface area contributed by atoms with Crippen molar-refractivity contribution in [1.82, 2.24) is 10.6 Å². The molecule has 0 saturated heterocycles. The second-order valence-electron chi connectivity index (χ2n) is 6.66. The topological polar surface area (TPSA) is 88.7 Å². The first-order valence-corrected chi connectivity index (χ1v) is 9.75. The van der Waals surface area contributed by atoms with Crippen molar-refractivity contribution >= 4 is 11.9 Å². The van der Waals surface area contributed by atoms with Crippen LogP contribution in [-0.4, -0.2) is 38.1 Å². The predicted molar refractivity (Wildman–Crippen MR) is 114 cm³/mol. The van der Waals surface area contributed by atoms with E-state index in [1.54, 1.807) is 6.07 Å². The van der Waals surface area contributed by atoms with Crippen LogP contribution in [0.2, 0.25) is 0 Å². The SMILES string of the molecule is CCNC(=NCCc1ccc(F)cc1C)NCCc1ccc(OCC(N)=O)cc1. The molecule has 2 rings (SSSR count). The fraction of sp³-hybridized carbons (Fsp3) is 0.364. The number of amides is 1. The molecule has 0 aliphatic carbocycles. The van der Waals surface area contributed by atoms with Gasteiger partial charge in [-0.3, -0.25) is 9.79 Å². The third kappa shape index (κ3) is 8.21. The van der Waals surface area contributed by atoms with Crippen LogP contribution in [0.3, 0.4) is 0 Å². The number of guanidine groups is 1. The zero-order valence-electron chi connectivity index (χ0n) is 17.0. The van der Waals surface area contributed by atoms with Crippen molar-refractivity contribution in [2.24, 2.45) is 10.7 Å². The summed E-state index contributed by atoms with van der Waals surface area (Å²) in [4.78, 5) is 15.3. The Kier molecular flexibility index (Phi) is 8.95. The number of ether oxygens (including phenoxy) is 1. The van der Waals surface area contributed by atoms with Crippen molar-refractivity contribution < 1.29 is 13.9 Å². The molecule has 0 fully saturated rings. The Bertz CT molecular complexity index is 822. The van der Waals surface area contributed by atoms with Crippen LogP contribution < -0.4 is 21.1 Å². The number of hydrogen-bond donors (Lipinski definition) is 3. The van der Waals surface area contributed by atoms with E-state index in [1.165, 1.54) is 6.07 Å². The minimum Gasteiger partial charge on any atom is -0.484 e. The number of aliphatic imine (C=N–C) groups is 1. The van der Waals surface area contributed by atoms with Gasteiger partial charge >= 0.3 is 0 Å². The Morgan fingerprint density at radius 3 is 2.55 bits per heavy atom. The van der Waals surface area contributed by atoms with Crippen molar-refractivity contribution in [3.63, 3.8) is 0 Å². The van der Waals surface area contributed by atoms with Gasteiger partial charge in [-0.15, -0.1) is 0 Å². The number of primary amides is 1. The average molecular weight is 400 g/mol. The van der Waals surface area contributed by atoms with E-state index in [4.69, 9.17) is 10.5 Å². The first-order valence-electron chi connectivity index (χ1n) is 9.75.